The normalized spacial score (nSPS) is 23.6. The maximum absolute atomic E-state index is 14.0. The van der Waals surface area contributed by atoms with Gasteiger partial charge in [-0.3, -0.25) is 10.1 Å². The van der Waals surface area contributed by atoms with Crippen molar-refractivity contribution in [2.45, 2.75) is 31.0 Å². The van der Waals surface area contributed by atoms with E-state index in [1.165, 1.54) is 6.07 Å². The van der Waals surface area contributed by atoms with Crippen molar-refractivity contribution in [2.24, 2.45) is 0 Å². The van der Waals surface area contributed by atoms with Crippen molar-refractivity contribution >= 4 is 5.91 Å². The number of benzene rings is 1. The highest BCUT2D eigenvalue weighted by atomic mass is 19.1. The summed E-state index contributed by atoms with van der Waals surface area (Å²) in [6, 6.07) is 6.64. The monoisotopic (exact) mass is 278 g/mol. The van der Waals surface area contributed by atoms with Crippen LogP contribution in [0.5, 0.6) is 0 Å². The molecule has 1 atom stereocenters. The molecule has 1 spiro atoms. The molecule has 4 nitrogen and oxygen atoms in total. The van der Waals surface area contributed by atoms with Gasteiger partial charge in [-0.15, -0.1) is 0 Å². The molecule has 0 radical (unpaired) electrons. The molecule has 2 aliphatic rings. The molecule has 1 aliphatic heterocycles. The van der Waals surface area contributed by atoms with Gasteiger partial charge < -0.3 is 9.64 Å². The highest BCUT2D eigenvalue weighted by Crippen LogP contribution is 2.46. The fourth-order valence-corrected chi connectivity index (χ4v) is 2.83. The van der Waals surface area contributed by atoms with Gasteiger partial charge in [-0.25, -0.2) is 4.39 Å². The lowest BCUT2D eigenvalue weighted by molar-refractivity contribution is -0.131. The first-order valence-electron chi connectivity index (χ1n) is 7.00. The lowest BCUT2D eigenvalue weighted by Gasteiger charge is -2.24. The Morgan fingerprint density at radius 2 is 2.20 bits per heavy atom. The van der Waals surface area contributed by atoms with Crippen LogP contribution in [0, 0.1) is 5.82 Å². The van der Waals surface area contributed by atoms with Crippen molar-refractivity contribution in [3.05, 3.63) is 35.6 Å². The summed E-state index contributed by atoms with van der Waals surface area (Å²) >= 11 is 0. The molecule has 20 heavy (non-hydrogen) atoms. The number of halogens is 1. The van der Waals surface area contributed by atoms with Crippen LogP contribution in [0.25, 0.3) is 0 Å². The number of ether oxygens (including phenoxy) is 1. The third kappa shape index (κ3) is 2.21. The number of carbonyl (C=O) groups is 1. The van der Waals surface area contributed by atoms with Gasteiger partial charge in [0.05, 0.1) is 0 Å². The number of hydrogen-bond acceptors (Lipinski definition) is 3. The number of nitrogens with zero attached hydrogens (tertiary/aromatic N) is 1. The van der Waals surface area contributed by atoms with Gasteiger partial charge in [-0.2, -0.15) is 0 Å². The van der Waals surface area contributed by atoms with Gasteiger partial charge in [0.25, 0.3) is 0 Å². The first-order valence-corrected chi connectivity index (χ1v) is 7.00. The fourth-order valence-electron chi connectivity index (χ4n) is 2.83. The number of methoxy groups -OCH3 is 1. The van der Waals surface area contributed by atoms with Crippen LogP contribution in [-0.2, 0) is 9.53 Å². The van der Waals surface area contributed by atoms with Crippen molar-refractivity contribution in [1.29, 1.82) is 0 Å². The summed E-state index contributed by atoms with van der Waals surface area (Å²) in [6.45, 7) is 1.18. The first-order chi connectivity index (χ1) is 9.68. The van der Waals surface area contributed by atoms with Crippen molar-refractivity contribution < 1.29 is 13.9 Å². The highest BCUT2D eigenvalue weighted by molar-refractivity contribution is 5.92. The smallest absolute Gasteiger partial charge is 0.244 e. The van der Waals surface area contributed by atoms with E-state index in [2.05, 4.69) is 5.32 Å². The number of nitrogens with one attached hydrogen (secondary N) is 1. The highest BCUT2D eigenvalue weighted by Gasteiger charge is 2.59. The van der Waals surface area contributed by atoms with Gasteiger partial charge in [0.1, 0.15) is 17.5 Å². The quantitative estimate of drug-likeness (QED) is 0.835. The Kier molecular flexibility index (Phi) is 3.48. The topological polar surface area (TPSA) is 41.6 Å². The Morgan fingerprint density at radius 3 is 2.85 bits per heavy atom. The number of rotatable bonds is 5. The lowest BCUT2D eigenvalue weighted by atomic mass is 10.1. The minimum atomic E-state index is -0.431. The van der Waals surface area contributed by atoms with Gasteiger partial charge in [0.15, 0.2) is 0 Å². The molecule has 1 aliphatic carbocycles. The number of hydrogen-bond donors (Lipinski definition) is 1. The summed E-state index contributed by atoms with van der Waals surface area (Å²) in [7, 11) is 1.64. The maximum atomic E-state index is 14.0. The van der Waals surface area contributed by atoms with Gasteiger partial charge in [0.2, 0.25) is 5.91 Å². The molecule has 1 N–H and O–H groups in total. The molecular weight excluding hydrogens is 259 g/mol. The molecule has 1 unspecified atom stereocenters. The number of amides is 1. The van der Waals surface area contributed by atoms with E-state index < -0.39 is 5.54 Å². The maximum Gasteiger partial charge on any atom is 0.244 e. The average molecular weight is 278 g/mol. The van der Waals surface area contributed by atoms with Crippen LogP contribution in [0.4, 0.5) is 4.39 Å². The van der Waals surface area contributed by atoms with Crippen molar-refractivity contribution in [3.8, 4) is 0 Å². The molecule has 5 heteroatoms. The molecular formula is C15H19FN2O2. The van der Waals surface area contributed by atoms with E-state index in [-0.39, 0.29) is 17.9 Å². The number of carbonyl (C=O) groups excluding carboxylic acids is 1. The summed E-state index contributed by atoms with van der Waals surface area (Å²) < 4.78 is 19.0. The average Bonchev–Trinajstić information content (AvgIpc) is 3.17. The Balaban J connectivity index is 1.84. The van der Waals surface area contributed by atoms with E-state index in [1.807, 2.05) is 0 Å². The van der Waals surface area contributed by atoms with Gasteiger partial charge in [-0.05, 0) is 25.3 Å². The van der Waals surface area contributed by atoms with E-state index in [0.29, 0.717) is 18.7 Å². The van der Waals surface area contributed by atoms with Crippen molar-refractivity contribution in [1.82, 2.24) is 10.2 Å². The largest absolute Gasteiger partial charge is 0.385 e. The van der Waals surface area contributed by atoms with E-state index in [0.717, 1.165) is 19.3 Å². The minimum Gasteiger partial charge on any atom is -0.385 e. The Bertz CT molecular complexity index is 516. The third-order valence-corrected chi connectivity index (χ3v) is 4.09. The zero-order valence-corrected chi connectivity index (χ0v) is 11.6. The zero-order chi connectivity index (χ0) is 14.2. The van der Waals surface area contributed by atoms with Gasteiger partial charge in [-0.1, -0.05) is 18.2 Å². The minimum absolute atomic E-state index is 0.0989. The molecule has 1 heterocycles. The molecule has 1 saturated carbocycles. The second-order valence-electron chi connectivity index (χ2n) is 5.50. The summed E-state index contributed by atoms with van der Waals surface area (Å²) in [5.74, 6) is -0.172. The van der Waals surface area contributed by atoms with Crippen molar-refractivity contribution in [2.75, 3.05) is 20.3 Å². The summed E-state index contributed by atoms with van der Waals surface area (Å²) in [4.78, 5) is 14.2. The molecule has 0 aromatic heterocycles. The Labute approximate surface area is 117 Å². The zero-order valence-electron chi connectivity index (χ0n) is 11.6. The molecule has 3 rings (SSSR count). The van der Waals surface area contributed by atoms with Crippen LogP contribution < -0.4 is 5.32 Å². The summed E-state index contributed by atoms with van der Waals surface area (Å²) in [5.41, 5.74) is 0.113. The SMILES string of the molecule is COCCCN1C(=O)C2(CC2)NC1c1ccccc1F. The van der Waals surface area contributed by atoms with E-state index in [1.54, 1.807) is 30.2 Å². The van der Waals surface area contributed by atoms with Crippen LogP contribution in [-0.4, -0.2) is 36.6 Å². The predicted molar refractivity (Wildman–Crippen MR) is 72.4 cm³/mol. The standard InChI is InChI=1S/C15H19FN2O2/c1-20-10-4-9-18-13(11-5-2-3-6-12(11)16)17-15(7-8-15)14(18)19/h2-3,5-6,13,17H,4,7-10H2,1H3. The third-order valence-electron chi connectivity index (χ3n) is 4.09. The van der Waals surface area contributed by atoms with Gasteiger partial charge >= 0.3 is 0 Å². The van der Waals surface area contributed by atoms with E-state index in [4.69, 9.17) is 4.74 Å². The molecule has 108 valence electrons. The van der Waals surface area contributed by atoms with E-state index >= 15 is 0 Å². The fraction of sp³-hybridized carbons (Fsp3) is 0.533. The predicted octanol–water partition coefficient (Wildman–Crippen LogP) is 1.83. The second-order valence-corrected chi connectivity index (χ2v) is 5.50. The van der Waals surface area contributed by atoms with Gasteiger partial charge in [0, 0.05) is 25.8 Å². The van der Waals surface area contributed by atoms with Crippen LogP contribution in [0.1, 0.15) is 31.0 Å². The molecule has 1 amide bonds. The lowest BCUT2D eigenvalue weighted by Crippen LogP contribution is -2.33. The Hall–Kier alpha value is -1.46. The summed E-state index contributed by atoms with van der Waals surface area (Å²) in [6.07, 6.45) is 2.09. The Morgan fingerprint density at radius 1 is 1.45 bits per heavy atom. The van der Waals surface area contributed by atoms with Crippen LogP contribution in [0.3, 0.4) is 0 Å². The molecule has 1 saturated heterocycles. The summed E-state index contributed by atoms with van der Waals surface area (Å²) in [5, 5.41) is 3.32. The molecule has 1 aromatic rings. The molecule has 1 aromatic carbocycles. The van der Waals surface area contributed by atoms with E-state index in [9.17, 15) is 9.18 Å². The molecule has 0 bridgehead atoms. The van der Waals surface area contributed by atoms with Crippen molar-refractivity contribution in [3.63, 3.8) is 0 Å². The molecule has 2 fully saturated rings. The van der Waals surface area contributed by atoms with Crippen LogP contribution >= 0.6 is 0 Å². The second kappa shape index (κ2) is 5.14. The van der Waals surface area contributed by atoms with Crippen LogP contribution in [0.15, 0.2) is 24.3 Å². The first kappa shape index (κ1) is 13.5. The van der Waals surface area contributed by atoms with Crippen LogP contribution in [0.2, 0.25) is 0 Å².